The first-order chi connectivity index (χ1) is 5.84. The van der Waals surface area contributed by atoms with Gasteiger partial charge in [-0.1, -0.05) is 43.2 Å². The van der Waals surface area contributed by atoms with Crippen molar-refractivity contribution in [3.05, 3.63) is 34.9 Å². The summed E-state index contributed by atoms with van der Waals surface area (Å²) in [5, 5.41) is 0.914. The number of hydrogen-bond donors (Lipinski definition) is 0. The smallest absolute Gasteiger partial charge is 0.0434 e. The highest BCUT2D eigenvalue weighted by atomic mass is 35.5. The lowest BCUT2D eigenvalue weighted by Crippen LogP contribution is -1.81. The maximum absolute atomic E-state index is 6.06. The topological polar surface area (TPSA) is 0 Å². The van der Waals surface area contributed by atoms with Crippen LogP contribution in [0, 0.1) is 0 Å². The van der Waals surface area contributed by atoms with Gasteiger partial charge in [0.15, 0.2) is 0 Å². The number of unbranched alkanes of at least 4 members (excludes halogenated alkanes) is 1. The normalized spacial score (nSPS) is 16.8. The molecule has 0 aliphatic heterocycles. The number of allylic oxidation sites excluding steroid dienone is 6. The fourth-order valence-electron chi connectivity index (χ4n) is 1.22. The van der Waals surface area contributed by atoms with E-state index in [0.29, 0.717) is 0 Å². The zero-order valence-corrected chi connectivity index (χ0v) is 8.27. The standard InChI is InChI=1S/C11H15Cl/c1-2-3-7-10-8-5-4-6-9-11(10)12/h5-6,8-9H,2-4,7H2,1H3. The van der Waals surface area contributed by atoms with Crippen molar-refractivity contribution in [3.8, 4) is 0 Å². The Morgan fingerprint density at radius 2 is 2.08 bits per heavy atom. The molecule has 0 fully saturated rings. The van der Waals surface area contributed by atoms with Crippen LogP contribution in [-0.4, -0.2) is 0 Å². The van der Waals surface area contributed by atoms with E-state index in [1.165, 1.54) is 18.4 Å². The van der Waals surface area contributed by atoms with Gasteiger partial charge < -0.3 is 0 Å². The quantitative estimate of drug-likeness (QED) is 0.614. The van der Waals surface area contributed by atoms with Crippen LogP contribution in [0.2, 0.25) is 0 Å². The summed E-state index contributed by atoms with van der Waals surface area (Å²) >= 11 is 6.06. The van der Waals surface area contributed by atoms with Crippen molar-refractivity contribution >= 4 is 11.6 Å². The van der Waals surface area contributed by atoms with E-state index in [1.54, 1.807) is 0 Å². The SMILES string of the molecule is CCCCC1=C(Cl)C=CCC=C1. The Morgan fingerprint density at radius 3 is 2.83 bits per heavy atom. The first kappa shape index (κ1) is 9.60. The summed E-state index contributed by atoms with van der Waals surface area (Å²) in [5.41, 5.74) is 1.28. The second-order valence-corrected chi connectivity index (χ2v) is 3.42. The molecule has 0 saturated heterocycles. The zero-order chi connectivity index (χ0) is 8.81. The van der Waals surface area contributed by atoms with E-state index in [9.17, 15) is 0 Å². The van der Waals surface area contributed by atoms with E-state index in [0.717, 1.165) is 17.9 Å². The highest BCUT2D eigenvalue weighted by Crippen LogP contribution is 2.21. The van der Waals surface area contributed by atoms with Gasteiger partial charge in [-0.15, -0.1) is 0 Å². The van der Waals surface area contributed by atoms with Crippen molar-refractivity contribution in [2.75, 3.05) is 0 Å². The summed E-state index contributed by atoms with van der Waals surface area (Å²) in [7, 11) is 0. The van der Waals surface area contributed by atoms with Crippen molar-refractivity contribution in [2.24, 2.45) is 0 Å². The van der Waals surface area contributed by atoms with Crippen molar-refractivity contribution in [3.63, 3.8) is 0 Å². The van der Waals surface area contributed by atoms with E-state index < -0.39 is 0 Å². The molecule has 0 aromatic rings. The molecule has 12 heavy (non-hydrogen) atoms. The van der Waals surface area contributed by atoms with Crippen molar-refractivity contribution < 1.29 is 0 Å². The zero-order valence-electron chi connectivity index (χ0n) is 7.52. The molecule has 0 aromatic carbocycles. The van der Waals surface area contributed by atoms with Gasteiger partial charge in [0.2, 0.25) is 0 Å². The highest BCUT2D eigenvalue weighted by Gasteiger charge is 1.99. The number of hydrogen-bond acceptors (Lipinski definition) is 0. The largest absolute Gasteiger partial charge is 0.0841 e. The lowest BCUT2D eigenvalue weighted by Gasteiger charge is -2.00. The van der Waals surface area contributed by atoms with Gasteiger partial charge in [-0.2, -0.15) is 0 Å². The molecule has 0 atom stereocenters. The molecule has 0 amide bonds. The Morgan fingerprint density at radius 1 is 1.33 bits per heavy atom. The Kier molecular flexibility index (Phi) is 4.16. The van der Waals surface area contributed by atoms with Gasteiger partial charge in [0.25, 0.3) is 0 Å². The van der Waals surface area contributed by atoms with Crippen LogP contribution < -0.4 is 0 Å². The molecule has 0 nitrogen and oxygen atoms in total. The van der Waals surface area contributed by atoms with Crippen LogP contribution in [0.25, 0.3) is 0 Å². The molecule has 0 bridgehead atoms. The molecule has 66 valence electrons. The van der Waals surface area contributed by atoms with Crippen molar-refractivity contribution in [1.82, 2.24) is 0 Å². The predicted octanol–water partition coefficient (Wildman–Crippen LogP) is 4.19. The maximum Gasteiger partial charge on any atom is 0.0434 e. The highest BCUT2D eigenvalue weighted by molar-refractivity contribution is 6.31. The Labute approximate surface area is 79.6 Å². The van der Waals surface area contributed by atoms with Crippen LogP contribution in [0.5, 0.6) is 0 Å². The van der Waals surface area contributed by atoms with E-state index >= 15 is 0 Å². The lowest BCUT2D eigenvalue weighted by atomic mass is 10.1. The molecule has 0 saturated carbocycles. The average Bonchev–Trinajstić information content (AvgIpc) is 2.27. The third kappa shape index (κ3) is 2.86. The molecule has 1 aliphatic rings. The third-order valence-electron chi connectivity index (χ3n) is 1.96. The summed E-state index contributed by atoms with van der Waals surface area (Å²) in [6, 6.07) is 0. The van der Waals surface area contributed by atoms with Crippen LogP contribution >= 0.6 is 11.6 Å². The molecule has 0 heterocycles. The van der Waals surface area contributed by atoms with E-state index in [-0.39, 0.29) is 0 Å². The molecular formula is C11H15Cl. The van der Waals surface area contributed by atoms with Crippen LogP contribution in [0.15, 0.2) is 34.9 Å². The summed E-state index contributed by atoms with van der Waals surface area (Å²) < 4.78 is 0. The first-order valence-electron chi connectivity index (χ1n) is 4.56. The molecule has 1 aliphatic carbocycles. The van der Waals surface area contributed by atoms with Crippen molar-refractivity contribution in [2.45, 2.75) is 32.6 Å². The van der Waals surface area contributed by atoms with Gasteiger partial charge >= 0.3 is 0 Å². The van der Waals surface area contributed by atoms with Gasteiger partial charge in [-0.25, -0.2) is 0 Å². The van der Waals surface area contributed by atoms with Gasteiger partial charge in [0.1, 0.15) is 0 Å². The minimum Gasteiger partial charge on any atom is -0.0841 e. The summed E-state index contributed by atoms with van der Waals surface area (Å²) in [5.74, 6) is 0. The van der Waals surface area contributed by atoms with Crippen LogP contribution in [0.4, 0.5) is 0 Å². The fourth-order valence-corrected chi connectivity index (χ4v) is 1.46. The van der Waals surface area contributed by atoms with Crippen LogP contribution in [0.1, 0.15) is 32.6 Å². The van der Waals surface area contributed by atoms with Crippen LogP contribution in [-0.2, 0) is 0 Å². The fraction of sp³-hybridized carbons (Fsp3) is 0.455. The minimum atomic E-state index is 0.914. The molecular weight excluding hydrogens is 168 g/mol. The molecule has 0 spiro atoms. The van der Waals surface area contributed by atoms with Gasteiger partial charge in [0.05, 0.1) is 0 Å². The molecule has 0 N–H and O–H groups in total. The monoisotopic (exact) mass is 182 g/mol. The Bertz CT molecular complexity index is 221. The van der Waals surface area contributed by atoms with E-state index in [1.807, 2.05) is 6.08 Å². The van der Waals surface area contributed by atoms with Gasteiger partial charge in [-0.05, 0) is 30.9 Å². The molecule has 0 aromatic heterocycles. The summed E-state index contributed by atoms with van der Waals surface area (Å²) in [4.78, 5) is 0. The van der Waals surface area contributed by atoms with Gasteiger partial charge in [0, 0.05) is 5.03 Å². The second kappa shape index (κ2) is 5.21. The molecule has 1 heteroatoms. The third-order valence-corrected chi connectivity index (χ3v) is 2.33. The summed E-state index contributed by atoms with van der Waals surface area (Å²) in [6.07, 6.45) is 13.0. The predicted molar refractivity (Wildman–Crippen MR) is 55.3 cm³/mol. The van der Waals surface area contributed by atoms with E-state index in [4.69, 9.17) is 11.6 Å². The number of halogens is 1. The van der Waals surface area contributed by atoms with E-state index in [2.05, 4.69) is 25.2 Å². The second-order valence-electron chi connectivity index (χ2n) is 3.02. The Hall–Kier alpha value is -0.490. The van der Waals surface area contributed by atoms with Crippen LogP contribution in [0.3, 0.4) is 0 Å². The Balaban J connectivity index is 2.63. The lowest BCUT2D eigenvalue weighted by molar-refractivity contribution is 0.797. The van der Waals surface area contributed by atoms with Crippen molar-refractivity contribution in [1.29, 1.82) is 0 Å². The summed E-state index contributed by atoms with van der Waals surface area (Å²) in [6.45, 7) is 2.20. The average molecular weight is 183 g/mol. The first-order valence-corrected chi connectivity index (χ1v) is 4.94. The molecule has 0 radical (unpaired) electrons. The number of rotatable bonds is 3. The van der Waals surface area contributed by atoms with Gasteiger partial charge in [-0.3, -0.25) is 0 Å². The molecule has 1 rings (SSSR count). The molecule has 0 unspecified atom stereocenters. The maximum atomic E-state index is 6.06. The minimum absolute atomic E-state index is 0.914.